The maximum Gasteiger partial charge on any atom is 0.294 e. The Morgan fingerprint density at radius 3 is 2.51 bits per heavy atom. The Kier molecular flexibility index (Phi) is 6.78. The monoisotopic (exact) mass is 508 g/mol. The van der Waals surface area contributed by atoms with Gasteiger partial charge in [-0.2, -0.15) is 5.11 Å². The number of nitrogens with zero attached hydrogens (tertiary/aromatic N) is 3. The van der Waals surface area contributed by atoms with Crippen LogP contribution in [0.4, 0.5) is 21.9 Å². The smallest absolute Gasteiger partial charge is 0.294 e. The number of phenolic OH excluding ortho intramolecular Hbond substituents is 1. The second-order valence-corrected chi connectivity index (χ2v) is 9.12. The Morgan fingerprint density at radius 1 is 0.919 bits per heavy atom. The van der Waals surface area contributed by atoms with E-state index < -0.39 is 23.6 Å². The van der Waals surface area contributed by atoms with E-state index in [-0.39, 0.29) is 10.7 Å². The van der Waals surface area contributed by atoms with Crippen molar-refractivity contribution in [3.05, 3.63) is 101 Å². The van der Waals surface area contributed by atoms with E-state index in [1.165, 1.54) is 12.1 Å². The Hall–Kier alpha value is -4.76. The molecule has 182 valence electrons. The Bertz CT molecular complexity index is 1580. The van der Waals surface area contributed by atoms with Gasteiger partial charge >= 0.3 is 0 Å². The first kappa shape index (κ1) is 24.0. The Morgan fingerprint density at radius 2 is 1.68 bits per heavy atom. The largest absolute Gasteiger partial charge is 0.507 e. The van der Waals surface area contributed by atoms with Crippen molar-refractivity contribution in [2.75, 3.05) is 11.9 Å². The number of hydrogen-bond donors (Lipinski definition) is 2. The topological polar surface area (TPSA) is 111 Å². The summed E-state index contributed by atoms with van der Waals surface area (Å²) in [5.41, 5.74) is 2.02. The van der Waals surface area contributed by atoms with Gasteiger partial charge < -0.3 is 10.4 Å². The standard InChI is InChI=1S/C28H20N4O4S/c33-24-14-13-21(30-31-23-12-6-8-18-7-4-5-11-22(18)23)15-19(24)16-25-27(35)32(28(36)37-25)17-26(34)29-20-9-2-1-3-10-20/h1-16,33H,17H2,(H,29,34)/b25-16-,31-30?. The van der Waals surface area contributed by atoms with Crippen LogP contribution in [0.15, 0.2) is 106 Å². The number of aromatic hydroxyl groups is 1. The summed E-state index contributed by atoms with van der Waals surface area (Å²) in [6, 6.07) is 26.9. The Labute approximate surface area is 216 Å². The number of nitrogens with one attached hydrogen (secondary N) is 1. The molecule has 0 saturated carbocycles. The summed E-state index contributed by atoms with van der Waals surface area (Å²) in [5.74, 6) is -1.19. The molecule has 0 unspecified atom stereocenters. The molecule has 5 rings (SSSR count). The third-order valence-electron chi connectivity index (χ3n) is 5.57. The first-order chi connectivity index (χ1) is 18.0. The molecule has 1 aliphatic heterocycles. The first-order valence-corrected chi connectivity index (χ1v) is 12.1. The number of hydrogen-bond acceptors (Lipinski definition) is 7. The van der Waals surface area contributed by atoms with Crippen LogP contribution in [0.3, 0.4) is 0 Å². The third-order valence-corrected chi connectivity index (χ3v) is 6.48. The lowest BCUT2D eigenvalue weighted by molar-refractivity contribution is -0.127. The number of amides is 3. The molecule has 37 heavy (non-hydrogen) atoms. The van der Waals surface area contributed by atoms with Gasteiger partial charge in [0.1, 0.15) is 12.3 Å². The fourth-order valence-electron chi connectivity index (χ4n) is 3.77. The first-order valence-electron chi connectivity index (χ1n) is 11.3. The molecule has 9 heteroatoms. The zero-order valence-corrected chi connectivity index (χ0v) is 20.2. The van der Waals surface area contributed by atoms with Crippen molar-refractivity contribution in [2.24, 2.45) is 10.2 Å². The van der Waals surface area contributed by atoms with Gasteiger partial charge in [0, 0.05) is 16.6 Å². The second kappa shape index (κ2) is 10.5. The number of fused-ring (bicyclic) bond motifs is 1. The molecule has 0 spiro atoms. The van der Waals surface area contributed by atoms with Crippen LogP contribution < -0.4 is 5.32 Å². The van der Waals surface area contributed by atoms with E-state index >= 15 is 0 Å². The van der Waals surface area contributed by atoms with Crippen LogP contribution in [-0.2, 0) is 9.59 Å². The number of imide groups is 1. The molecule has 0 aromatic heterocycles. The zero-order chi connectivity index (χ0) is 25.8. The minimum Gasteiger partial charge on any atom is -0.507 e. The van der Waals surface area contributed by atoms with Crippen LogP contribution >= 0.6 is 11.8 Å². The van der Waals surface area contributed by atoms with Gasteiger partial charge in [-0.1, -0.05) is 54.6 Å². The second-order valence-electron chi connectivity index (χ2n) is 8.12. The van der Waals surface area contributed by atoms with E-state index in [1.807, 2.05) is 48.5 Å². The highest BCUT2D eigenvalue weighted by molar-refractivity contribution is 8.18. The number of rotatable bonds is 6. The van der Waals surface area contributed by atoms with Crippen LogP contribution in [0.25, 0.3) is 16.8 Å². The molecule has 4 aromatic rings. The van der Waals surface area contributed by atoms with Crippen molar-refractivity contribution in [1.82, 2.24) is 4.90 Å². The van der Waals surface area contributed by atoms with Crippen LogP contribution in [0.2, 0.25) is 0 Å². The van der Waals surface area contributed by atoms with Crippen molar-refractivity contribution in [3.63, 3.8) is 0 Å². The van der Waals surface area contributed by atoms with Crippen molar-refractivity contribution < 1.29 is 19.5 Å². The molecule has 0 bridgehead atoms. The average Bonchev–Trinajstić information content (AvgIpc) is 3.16. The van der Waals surface area contributed by atoms with Crippen molar-refractivity contribution in [2.45, 2.75) is 0 Å². The lowest BCUT2D eigenvalue weighted by Gasteiger charge is -2.12. The predicted octanol–water partition coefficient (Wildman–Crippen LogP) is 6.64. The van der Waals surface area contributed by atoms with Gasteiger partial charge in [-0.3, -0.25) is 19.3 Å². The number of azo groups is 1. The molecule has 1 heterocycles. The van der Waals surface area contributed by atoms with Gasteiger partial charge in [-0.05, 0) is 59.6 Å². The fourth-order valence-corrected chi connectivity index (χ4v) is 4.60. The van der Waals surface area contributed by atoms with E-state index in [1.54, 1.807) is 36.4 Å². The van der Waals surface area contributed by atoms with Crippen LogP contribution in [-0.4, -0.2) is 33.6 Å². The number of phenols is 1. The number of carbonyl (C=O) groups excluding carboxylic acids is 3. The van der Waals surface area contributed by atoms with Gasteiger partial charge in [0.15, 0.2) is 0 Å². The number of para-hydroxylation sites is 1. The molecule has 3 amide bonds. The number of carbonyl (C=O) groups is 3. The maximum absolute atomic E-state index is 12.9. The number of thioether (sulfide) groups is 1. The summed E-state index contributed by atoms with van der Waals surface area (Å²) in [6.07, 6.45) is 1.41. The van der Waals surface area contributed by atoms with Crippen LogP contribution in [0.1, 0.15) is 5.56 Å². The molecule has 0 aliphatic carbocycles. The van der Waals surface area contributed by atoms with E-state index in [2.05, 4.69) is 15.5 Å². The van der Waals surface area contributed by atoms with E-state index in [0.29, 0.717) is 34.4 Å². The highest BCUT2D eigenvalue weighted by atomic mass is 32.2. The Balaban J connectivity index is 1.33. The molecule has 1 fully saturated rings. The quantitative estimate of drug-likeness (QED) is 0.224. The van der Waals surface area contributed by atoms with E-state index in [0.717, 1.165) is 15.7 Å². The number of benzene rings is 4. The molecule has 4 aromatic carbocycles. The summed E-state index contributed by atoms with van der Waals surface area (Å²) >= 11 is 0.704. The molecule has 2 N–H and O–H groups in total. The van der Waals surface area contributed by atoms with Gasteiger partial charge in [0.2, 0.25) is 5.91 Å². The summed E-state index contributed by atoms with van der Waals surface area (Å²) in [7, 11) is 0. The average molecular weight is 509 g/mol. The zero-order valence-electron chi connectivity index (χ0n) is 19.4. The summed E-state index contributed by atoms with van der Waals surface area (Å²) in [6.45, 7) is -0.415. The van der Waals surface area contributed by atoms with Crippen molar-refractivity contribution in [1.29, 1.82) is 0 Å². The minimum absolute atomic E-state index is 0.0854. The molecule has 0 radical (unpaired) electrons. The van der Waals surface area contributed by atoms with Gasteiger partial charge in [-0.25, -0.2) is 0 Å². The van der Waals surface area contributed by atoms with Gasteiger partial charge in [0.25, 0.3) is 11.1 Å². The van der Waals surface area contributed by atoms with E-state index in [9.17, 15) is 19.5 Å². The third kappa shape index (κ3) is 5.41. The van der Waals surface area contributed by atoms with Crippen LogP contribution in [0.5, 0.6) is 5.75 Å². The highest BCUT2D eigenvalue weighted by Gasteiger charge is 2.36. The molecule has 8 nitrogen and oxygen atoms in total. The van der Waals surface area contributed by atoms with E-state index in [4.69, 9.17) is 0 Å². The maximum atomic E-state index is 12.9. The number of anilines is 1. The van der Waals surface area contributed by atoms with Gasteiger partial charge in [-0.15, -0.1) is 5.11 Å². The summed E-state index contributed by atoms with van der Waals surface area (Å²) < 4.78 is 0. The molecule has 1 saturated heterocycles. The van der Waals surface area contributed by atoms with Gasteiger partial charge in [0.05, 0.1) is 16.3 Å². The lowest BCUT2D eigenvalue weighted by atomic mass is 10.1. The predicted molar refractivity (Wildman–Crippen MR) is 144 cm³/mol. The fraction of sp³-hybridized carbons (Fsp3) is 0.0357. The summed E-state index contributed by atoms with van der Waals surface area (Å²) in [4.78, 5) is 38.6. The molecule has 0 atom stereocenters. The molecular weight excluding hydrogens is 488 g/mol. The summed E-state index contributed by atoms with van der Waals surface area (Å²) in [5, 5.41) is 23.1. The van der Waals surface area contributed by atoms with Crippen molar-refractivity contribution >= 4 is 62.7 Å². The highest BCUT2D eigenvalue weighted by Crippen LogP contribution is 2.35. The normalized spacial score (nSPS) is 14.7. The SMILES string of the molecule is O=C(CN1C(=O)S/C(=C\c2cc(N=Nc3cccc4ccccc34)ccc2O)C1=O)Nc1ccccc1. The lowest BCUT2D eigenvalue weighted by Crippen LogP contribution is -2.36. The molecule has 1 aliphatic rings. The minimum atomic E-state index is -0.611. The molecular formula is C28H20N4O4S. The van der Waals surface area contributed by atoms with Crippen molar-refractivity contribution in [3.8, 4) is 5.75 Å². The van der Waals surface area contributed by atoms with Crippen LogP contribution in [0, 0.1) is 0 Å².